The largest absolute Gasteiger partial charge is 0.490 e. The number of carbonyl (C=O) groups excluding carboxylic acids is 5. The first-order valence-corrected chi connectivity index (χ1v) is 48.0. The summed E-state index contributed by atoms with van der Waals surface area (Å²) in [6.07, 6.45) is 11.2. The van der Waals surface area contributed by atoms with Gasteiger partial charge in [0.25, 0.3) is 0 Å². The van der Waals surface area contributed by atoms with E-state index in [1.165, 1.54) is 60.7 Å². The van der Waals surface area contributed by atoms with Crippen LogP contribution in [0.1, 0.15) is 348 Å². The number of hydrogen-bond acceptors (Lipinski definition) is 26. The van der Waals surface area contributed by atoms with Crippen LogP contribution in [0.15, 0.2) is 60.7 Å². The van der Waals surface area contributed by atoms with Crippen molar-refractivity contribution in [2.45, 2.75) is 327 Å². The Morgan fingerprint density at radius 3 is 0.575 bits per heavy atom. The highest BCUT2D eigenvalue weighted by Gasteiger charge is 2.55. The van der Waals surface area contributed by atoms with Gasteiger partial charge in [-0.15, -0.1) is 0 Å². The van der Waals surface area contributed by atoms with Gasteiger partial charge in [-0.2, -0.15) is 0 Å². The summed E-state index contributed by atoms with van der Waals surface area (Å²) in [6, 6.07) is 14.8. The van der Waals surface area contributed by atoms with Crippen LogP contribution in [0.5, 0.6) is 86.2 Å². The van der Waals surface area contributed by atoms with Crippen molar-refractivity contribution in [2.24, 2.45) is 0 Å². The van der Waals surface area contributed by atoms with Gasteiger partial charge in [0, 0.05) is 0 Å². The molecule has 5 aromatic carbocycles. The van der Waals surface area contributed by atoms with Crippen LogP contribution in [0, 0.1) is 0 Å². The van der Waals surface area contributed by atoms with Crippen LogP contribution in [0.2, 0.25) is 0 Å². The van der Waals surface area contributed by atoms with E-state index >= 15 is 24.0 Å². The molecule has 0 amide bonds. The van der Waals surface area contributed by atoms with Crippen LogP contribution in [-0.2, 0) is 28.4 Å². The highest BCUT2D eigenvalue weighted by molar-refractivity contribution is 5.95. The van der Waals surface area contributed by atoms with Gasteiger partial charge in [0.1, 0.15) is 12.7 Å². The van der Waals surface area contributed by atoms with Crippen LogP contribution in [0.25, 0.3) is 0 Å². The maximum absolute atomic E-state index is 16.5. The number of benzene rings is 5. The zero-order valence-electron chi connectivity index (χ0n) is 79.3. The van der Waals surface area contributed by atoms with Crippen molar-refractivity contribution < 1.29 is 123 Å². The molecular weight excluding hydrogens is 1630 g/mol. The first-order chi connectivity index (χ1) is 62.0. The van der Waals surface area contributed by atoms with Gasteiger partial charge in [-0.05, 0) is 157 Å². The normalized spacial score (nSPS) is 14.7. The van der Waals surface area contributed by atoms with E-state index in [1.807, 2.05) is 96.9 Å². The van der Waals surface area contributed by atoms with Gasteiger partial charge >= 0.3 is 29.8 Å². The smallest absolute Gasteiger partial charge is 0.340 e. The van der Waals surface area contributed by atoms with E-state index in [4.69, 9.17) is 99.5 Å². The molecule has 0 aromatic heterocycles. The summed E-state index contributed by atoms with van der Waals surface area (Å²) in [6.45, 7) is 33.4. The number of ether oxygens (including phenoxy) is 21. The second-order valence-corrected chi connectivity index (χ2v) is 31.7. The van der Waals surface area contributed by atoms with Gasteiger partial charge in [-0.3, -0.25) is 0 Å². The van der Waals surface area contributed by atoms with E-state index in [0.29, 0.717) is 115 Å². The third-order valence-corrected chi connectivity index (χ3v) is 20.5. The first-order valence-electron chi connectivity index (χ1n) is 48.0. The number of carbonyl (C=O) groups is 5. The number of rotatable bonds is 71. The lowest BCUT2D eigenvalue weighted by Gasteiger charge is -2.44. The molecule has 6 rings (SSSR count). The van der Waals surface area contributed by atoms with Crippen molar-refractivity contribution in [1.82, 2.24) is 0 Å². The lowest BCUT2D eigenvalue weighted by molar-refractivity contribution is -0.282. The molecule has 1 aliphatic heterocycles. The van der Waals surface area contributed by atoms with Gasteiger partial charge < -0.3 is 99.5 Å². The highest BCUT2D eigenvalue weighted by atomic mass is 16.8. The minimum absolute atomic E-state index is 0.0413. The van der Waals surface area contributed by atoms with E-state index in [1.54, 1.807) is 0 Å². The predicted octanol–water partition coefficient (Wildman–Crippen LogP) is 23.8. The van der Waals surface area contributed by atoms with Gasteiger partial charge in [-0.1, -0.05) is 200 Å². The molecule has 0 bridgehead atoms. The molecule has 0 spiro atoms. The summed E-state index contributed by atoms with van der Waals surface area (Å²) in [5.74, 6) is -2.28. The molecule has 712 valence electrons. The average Bonchev–Trinajstić information content (AvgIpc) is 0.758. The Morgan fingerprint density at radius 1 is 0.213 bits per heavy atom. The molecule has 5 atom stereocenters. The Labute approximate surface area is 757 Å². The number of hydrogen-bond donors (Lipinski definition) is 0. The molecule has 127 heavy (non-hydrogen) atoms. The Bertz CT molecular complexity index is 3820. The molecule has 5 aromatic rings. The zero-order chi connectivity index (χ0) is 91.8. The van der Waals surface area contributed by atoms with E-state index in [2.05, 4.69) is 6.92 Å². The van der Waals surface area contributed by atoms with Gasteiger partial charge in [0.2, 0.25) is 41.1 Å². The van der Waals surface area contributed by atoms with Crippen LogP contribution in [0.3, 0.4) is 0 Å². The summed E-state index contributed by atoms with van der Waals surface area (Å²) in [4.78, 5) is 80.7. The Hall–Kier alpha value is -9.59. The van der Waals surface area contributed by atoms with Crippen molar-refractivity contribution in [1.29, 1.82) is 0 Å². The summed E-state index contributed by atoms with van der Waals surface area (Å²) >= 11 is 0. The third-order valence-electron chi connectivity index (χ3n) is 20.5. The average molecular weight is 1780 g/mol. The van der Waals surface area contributed by atoms with Crippen molar-refractivity contribution >= 4 is 29.8 Å². The van der Waals surface area contributed by atoms with Gasteiger partial charge in [0.05, 0.1) is 127 Å². The maximum Gasteiger partial charge on any atom is 0.340 e. The fourth-order valence-electron chi connectivity index (χ4n) is 12.6. The van der Waals surface area contributed by atoms with Crippen molar-refractivity contribution in [3.8, 4) is 86.2 Å². The SMILES string of the molecule is CCCCOc1cc(C(=O)OC[C@H]2O[C@@H](OC(=O)c3cc(OCCCC)c(OCCCC)c(OCCCC)c3)[C@H](OC(=O)c3cc(OCCCC)c(OCCCC)c(OCCCC)c3)[C@@H](OC(=O)c3cc(OCCCC)c(OCCCC)c(OCCCC)c3)[C@@H]2OC(=O)c2cc(OCCCC)c(OCCCC)c(OCCCC)c2)cc(OCCCC)c1OCCCC. The fourth-order valence-corrected chi connectivity index (χ4v) is 12.6. The Kier molecular flexibility index (Phi) is 52.3. The molecule has 0 N–H and O–H groups in total. The topological polar surface area (TPSA) is 279 Å². The lowest BCUT2D eigenvalue weighted by atomic mass is 9.97. The first kappa shape index (κ1) is 106. The Morgan fingerprint density at radius 2 is 0.378 bits per heavy atom. The van der Waals surface area contributed by atoms with Gasteiger partial charge in [-0.25, -0.2) is 24.0 Å². The molecule has 0 aliphatic carbocycles. The molecule has 0 unspecified atom stereocenters. The second kappa shape index (κ2) is 62.6. The minimum atomic E-state index is -2.21. The molecule has 26 nitrogen and oxygen atoms in total. The lowest BCUT2D eigenvalue weighted by Crippen LogP contribution is -2.63. The standard InChI is InChI=1S/C101H152O26/c1-16-31-46-107-77-61-72(62-78(108-47-32-17-2)88(77)117-56-41-26-11)96(102)122-71-87-93(124-97(103)73-63-79(109-48-33-18-3)89(118-57-42-27-12)80(64-73)110-49-34-19-4)94(125-98(104)74-65-81(111-50-35-20-5)90(119-58-43-28-13)82(66-74)112-51-36-21-6)95(126-99(105)75-67-83(113-52-37-22-7)91(120-59-44-29-14)84(68-75)114-53-38-23-8)101(123-87)127-100(106)76-69-85(115-54-39-24-9)92(121-60-45-30-15)86(70-76)116-55-40-25-10/h61-70,87,93-95,101H,16-60,71H2,1-15H3/t87-,93-,94+,95-,101+/m1/s1. The summed E-state index contributed by atoms with van der Waals surface area (Å²) in [5, 5.41) is 0. The molecule has 1 heterocycles. The van der Waals surface area contributed by atoms with Crippen LogP contribution in [0.4, 0.5) is 0 Å². The minimum Gasteiger partial charge on any atom is -0.490 e. The maximum atomic E-state index is 16.5. The van der Waals surface area contributed by atoms with Crippen molar-refractivity contribution in [3.05, 3.63) is 88.5 Å². The molecule has 1 fully saturated rings. The van der Waals surface area contributed by atoms with E-state index in [0.717, 1.165) is 96.3 Å². The Balaban J connectivity index is 1.81. The molecule has 0 saturated carbocycles. The van der Waals surface area contributed by atoms with E-state index in [-0.39, 0.29) is 194 Å². The zero-order valence-corrected chi connectivity index (χ0v) is 79.3. The van der Waals surface area contributed by atoms with Crippen LogP contribution in [-0.4, -0.2) is 166 Å². The van der Waals surface area contributed by atoms with Crippen molar-refractivity contribution in [3.63, 3.8) is 0 Å². The van der Waals surface area contributed by atoms with Crippen molar-refractivity contribution in [2.75, 3.05) is 106 Å². The molecule has 1 aliphatic rings. The summed E-state index contributed by atoms with van der Waals surface area (Å²) in [5.41, 5.74) is -0.638. The van der Waals surface area contributed by atoms with E-state index in [9.17, 15) is 0 Å². The summed E-state index contributed by atoms with van der Waals surface area (Å²) < 4.78 is 139. The van der Waals surface area contributed by atoms with Gasteiger partial charge in [0.15, 0.2) is 69.7 Å². The molecule has 26 heteroatoms. The monoisotopic (exact) mass is 1780 g/mol. The van der Waals surface area contributed by atoms with E-state index < -0.39 is 67.2 Å². The second-order valence-electron chi connectivity index (χ2n) is 31.7. The van der Waals surface area contributed by atoms with Crippen LogP contribution >= 0.6 is 0 Å². The predicted molar refractivity (Wildman–Crippen MR) is 490 cm³/mol. The quantitative estimate of drug-likeness (QED) is 0.0199. The molecule has 1 saturated heterocycles. The van der Waals surface area contributed by atoms with Crippen LogP contribution < -0.4 is 71.1 Å². The third kappa shape index (κ3) is 35.8. The number of unbranched alkanes of at least 4 members (excludes halogenated alkanes) is 15. The summed E-state index contributed by atoms with van der Waals surface area (Å²) in [7, 11) is 0. The highest BCUT2D eigenvalue weighted by Crippen LogP contribution is 2.47. The fraction of sp³-hybridized carbons (Fsp3) is 0.653. The number of esters is 5. The molecule has 0 radical (unpaired) electrons. The molecular formula is C101H152O26.